The SMILES string of the molecule is Nc1nc(-n2cc(C(=O)O)c(=O)c3cc(F)c(N4CC(=CCO)C4)c(Cl)c32)c(F)cc1F. The van der Waals surface area contributed by atoms with Gasteiger partial charge in [0.25, 0.3) is 0 Å². The number of nitrogens with two attached hydrogens (primary N) is 1. The fourth-order valence-electron chi connectivity index (χ4n) is 3.51. The van der Waals surface area contributed by atoms with Crippen molar-refractivity contribution in [2.45, 2.75) is 0 Å². The highest BCUT2D eigenvalue weighted by Gasteiger charge is 2.29. The summed E-state index contributed by atoms with van der Waals surface area (Å²) in [6.07, 6.45) is 2.33. The molecule has 4 rings (SSSR count). The second-order valence-corrected chi connectivity index (χ2v) is 7.40. The molecule has 0 saturated carbocycles. The van der Waals surface area contributed by atoms with Gasteiger partial charge in [-0.3, -0.25) is 9.36 Å². The van der Waals surface area contributed by atoms with Crippen LogP contribution in [0.2, 0.25) is 5.02 Å². The molecule has 0 aliphatic carbocycles. The molecule has 1 fully saturated rings. The number of aromatic nitrogens is 2. The van der Waals surface area contributed by atoms with Gasteiger partial charge in [0.05, 0.1) is 28.2 Å². The Morgan fingerprint density at radius 3 is 2.53 bits per heavy atom. The average molecular weight is 467 g/mol. The number of halogens is 4. The van der Waals surface area contributed by atoms with Gasteiger partial charge >= 0.3 is 5.97 Å². The Balaban J connectivity index is 2.07. The number of fused-ring (bicyclic) bond motifs is 1. The van der Waals surface area contributed by atoms with Gasteiger partial charge in [0.15, 0.2) is 23.3 Å². The zero-order valence-corrected chi connectivity index (χ0v) is 16.8. The molecular weight excluding hydrogens is 453 g/mol. The third-order valence-corrected chi connectivity index (χ3v) is 5.40. The molecule has 1 saturated heterocycles. The Hall–Kier alpha value is -3.57. The Morgan fingerprint density at radius 2 is 1.91 bits per heavy atom. The molecule has 0 unspecified atom stereocenters. The molecule has 0 bridgehead atoms. The Bertz CT molecular complexity index is 1380. The van der Waals surface area contributed by atoms with Crippen molar-refractivity contribution in [3.05, 3.63) is 68.2 Å². The van der Waals surface area contributed by atoms with Crippen molar-refractivity contribution < 1.29 is 28.2 Å². The van der Waals surface area contributed by atoms with E-state index in [1.54, 1.807) is 6.08 Å². The van der Waals surface area contributed by atoms with Gasteiger partial charge in [0.1, 0.15) is 11.4 Å². The number of anilines is 2. The maximum absolute atomic E-state index is 15.0. The van der Waals surface area contributed by atoms with Crippen LogP contribution in [-0.4, -0.2) is 45.4 Å². The van der Waals surface area contributed by atoms with Crippen molar-refractivity contribution in [2.75, 3.05) is 30.3 Å². The summed E-state index contributed by atoms with van der Waals surface area (Å²) in [5.74, 6) is -6.20. The molecule has 12 heteroatoms. The predicted octanol–water partition coefficient (Wildman–Crippen LogP) is 2.48. The first-order valence-electron chi connectivity index (χ1n) is 9.10. The van der Waals surface area contributed by atoms with Gasteiger partial charge in [0.2, 0.25) is 5.43 Å². The third kappa shape index (κ3) is 3.35. The van der Waals surface area contributed by atoms with E-state index in [0.717, 1.165) is 22.4 Å². The molecule has 1 aliphatic rings. The summed E-state index contributed by atoms with van der Waals surface area (Å²) in [5, 5.41) is 17.6. The number of carboxylic acids is 1. The van der Waals surface area contributed by atoms with Gasteiger partial charge in [-0.05, 0) is 11.6 Å². The maximum Gasteiger partial charge on any atom is 0.341 e. The summed E-state index contributed by atoms with van der Waals surface area (Å²) < 4.78 is 44.0. The number of rotatable bonds is 4. The van der Waals surface area contributed by atoms with E-state index in [1.807, 2.05) is 0 Å². The topological polar surface area (TPSA) is 122 Å². The Morgan fingerprint density at radius 1 is 1.22 bits per heavy atom. The highest BCUT2D eigenvalue weighted by Crippen LogP contribution is 2.39. The van der Waals surface area contributed by atoms with E-state index in [2.05, 4.69) is 4.98 Å². The van der Waals surface area contributed by atoms with Gasteiger partial charge in [-0.2, -0.15) is 0 Å². The molecule has 2 aromatic heterocycles. The molecule has 0 spiro atoms. The van der Waals surface area contributed by atoms with E-state index >= 15 is 0 Å². The zero-order valence-electron chi connectivity index (χ0n) is 16.1. The predicted molar refractivity (Wildman–Crippen MR) is 111 cm³/mol. The van der Waals surface area contributed by atoms with E-state index in [4.69, 9.17) is 22.4 Å². The van der Waals surface area contributed by atoms with Crippen LogP contribution in [-0.2, 0) is 0 Å². The lowest BCUT2D eigenvalue weighted by Crippen LogP contribution is -2.41. The van der Waals surface area contributed by atoms with Crippen LogP contribution in [0.4, 0.5) is 24.7 Å². The van der Waals surface area contributed by atoms with Gasteiger partial charge in [-0.25, -0.2) is 22.9 Å². The number of nitrogen functional groups attached to an aromatic ring is 1. The average Bonchev–Trinajstić information content (AvgIpc) is 2.69. The normalized spacial score (nSPS) is 13.4. The smallest absolute Gasteiger partial charge is 0.341 e. The molecule has 0 amide bonds. The number of hydrogen-bond donors (Lipinski definition) is 3. The van der Waals surface area contributed by atoms with E-state index in [9.17, 15) is 27.9 Å². The third-order valence-electron chi connectivity index (χ3n) is 5.04. The number of carbonyl (C=O) groups is 1. The molecule has 1 aromatic carbocycles. The lowest BCUT2D eigenvalue weighted by atomic mass is 10.0. The number of aliphatic hydroxyl groups is 1. The molecule has 3 heterocycles. The van der Waals surface area contributed by atoms with Crippen LogP contribution in [0, 0.1) is 17.5 Å². The van der Waals surface area contributed by atoms with Crippen LogP contribution in [0.25, 0.3) is 16.7 Å². The van der Waals surface area contributed by atoms with Crippen molar-refractivity contribution in [3.8, 4) is 5.82 Å². The van der Waals surface area contributed by atoms with Gasteiger partial charge in [0, 0.05) is 25.4 Å². The fourth-order valence-corrected chi connectivity index (χ4v) is 3.92. The van der Waals surface area contributed by atoms with E-state index in [0.29, 0.717) is 6.07 Å². The van der Waals surface area contributed by atoms with Crippen LogP contribution in [0.3, 0.4) is 0 Å². The lowest BCUT2D eigenvalue weighted by molar-refractivity contribution is 0.0695. The monoisotopic (exact) mass is 466 g/mol. The van der Waals surface area contributed by atoms with Gasteiger partial charge in [-0.15, -0.1) is 0 Å². The fraction of sp³-hybridized carbons (Fsp3) is 0.150. The summed E-state index contributed by atoms with van der Waals surface area (Å²) in [6, 6.07) is 1.25. The lowest BCUT2D eigenvalue weighted by Gasteiger charge is -2.37. The first-order valence-corrected chi connectivity index (χ1v) is 9.48. The van der Waals surface area contributed by atoms with Crippen molar-refractivity contribution in [2.24, 2.45) is 0 Å². The number of hydrogen-bond acceptors (Lipinski definition) is 6. The second kappa shape index (κ2) is 7.84. The summed E-state index contributed by atoms with van der Waals surface area (Å²) in [7, 11) is 0. The molecule has 0 atom stereocenters. The second-order valence-electron chi connectivity index (χ2n) is 7.03. The van der Waals surface area contributed by atoms with Crippen LogP contribution in [0.15, 0.2) is 34.8 Å². The number of aromatic carboxylic acids is 1. The first-order chi connectivity index (χ1) is 15.1. The highest BCUT2D eigenvalue weighted by atomic mass is 35.5. The maximum atomic E-state index is 15.0. The number of pyridine rings is 2. The summed E-state index contributed by atoms with van der Waals surface area (Å²) in [5.41, 5.74) is 4.08. The standard InChI is InChI=1S/C20H14ClF3N4O4/c21-14-15-9(3-11(22)16(14)27-5-8(6-27)1-2-29)17(30)10(20(31)32)7-28(15)19-13(24)4-12(23)18(25)26-19/h1,3-4,7,29H,2,5-6H2,(H2,25,26)(H,31,32). The number of aliphatic hydroxyl groups excluding tert-OH is 1. The first kappa shape index (κ1) is 21.7. The Kier molecular flexibility index (Phi) is 5.31. The van der Waals surface area contributed by atoms with E-state index in [-0.39, 0.29) is 35.9 Å². The minimum Gasteiger partial charge on any atom is -0.477 e. The molecule has 1 aliphatic heterocycles. The molecule has 0 radical (unpaired) electrons. The molecule has 4 N–H and O–H groups in total. The van der Waals surface area contributed by atoms with Gasteiger partial charge < -0.3 is 20.8 Å². The van der Waals surface area contributed by atoms with E-state index < -0.39 is 51.4 Å². The van der Waals surface area contributed by atoms with Crippen LogP contribution >= 0.6 is 11.6 Å². The summed E-state index contributed by atoms with van der Waals surface area (Å²) >= 11 is 6.45. The molecule has 166 valence electrons. The summed E-state index contributed by atoms with van der Waals surface area (Å²) in [6.45, 7) is 0.304. The van der Waals surface area contributed by atoms with Crippen molar-refractivity contribution in [1.29, 1.82) is 0 Å². The Labute approximate surface area is 182 Å². The molecule has 3 aromatic rings. The highest BCUT2D eigenvalue weighted by molar-refractivity contribution is 6.38. The van der Waals surface area contributed by atoms with Crippen LogP contribution in [0.5, 0.6) is 0 Å². The largest absolute Gasteiger partial charge is 0.477 e. The van der Waals surface area contributed by atoms with Gasteiger partial charge in [-0.1, -0.05) is 17.7 Å². The number of benzene rings is 1. The van der Waals surface area contributed by atoms with Crippen LogP contribution < -0.4 is 16.1 Å². The molecular formula is C20H14ClF3N4O4. The van der Waals surface area contributed by atoms with Crippen molar-refractivity contribution >= 4 is 40.0 Å². The number of carboxylic acid groups (broad SMARTS) is 1. The number of nitrogens with zero attached hydrogens (tertiary/aromatic N) is 3. The quantitative estimate of drug-likeness (QED) is 0.505. The van der Waals surface area contributed by atoms with Crippen molar-refractivity contribution in [3.63, 3.8) is 0 Å². The molecule has 8 nitrogen and oxygen atoms in total. The van der Waals surface area contributed by atoms with Crippen molar-refractivity contribution in [1.82, 2.24) is 9.55 Å². The van der Waals surface area contributed by atoms with E-state index in [1.165, 1.54) is 4.90 Å². The van der Waals surface area contributed by atoms with Crippen LogP contribution in [0.1, 0.15) is 10.4 Å². The minimum absolute atomic E-state index is 0.110. The minimum atomic E-state index is -1.65. The zero-order chi connectivity index (χ0) is 23.3. The summed E-state index contributed by atoms with van der Waals surface area (Å²) in [4.78, 5) is 29.4. The molecule has 32 heavy (non-hydrogen) atoms.